The van der Waals surface area contributed by atoms with Gasteiger partial charge >= 0.3 is 0 Å². The predicted octanol–water partition coefficient (Wildman–Crippen LogP) is -9.42. The summed E-state index contributed by atoms with van der Waals surface area (Å²) in [4.78, 5) is 0. The quantitative estimate of drug-likeness (QED) is 0.0847. The number of aliphatic hydroxyl groups is 8. The van der Waals surface area contributed by atoms with E-state index in [1.54, 1.807) is 0 Å². The Morgan fingerprint density at radius 1 is 0.791 bits per heavy atom. The van der Waals surface area contributed by atoms with E-state index in [1.165, 1.54) is 0 Å². The predicted molar refractivity (Wildman–Crippen MR) is 148 cm³/mol. The molecule has 2 heterocycles. The van der Waals surface area contributed by atoms with Gasteiger partial charge in [0.2, 0.25) is 0 Å². The summed E-state index contributed by atoms with van der Waals surface area (Å²) in [7, 11) is 0. The summed E-state index contributed by atoms with van der Waals surface area (Å²) in [5.74, 6) is 0. The summed E-state index contributed by atoms with van der Waals surface area (Å²) in [6.07, 6.45) is -15.6. The SMILES string of the molecule is NCC(O)CNC1CC(N)C(OC2OC(CNCC(N)CO)C(O)C(O)C2N)C(O)C1OC1OC(CO)C(O)C(N)C1O. The van der Waals surface area contributed by atoms with Crippen molar-refractivity contribution in [3.8, 4) is 0 Å². The number of nitrogens with one attached hydrogen (secondary N) is 2. The molecular weight excluding hydrogens is 578 g/mol. The van der Waals surface area contributed by atoms with Crippen molar-refractivity contribution in [2.45, 2.75) is 110 Å². The Kier molecular flexibility index (Phi) is 14.3. The van der Waals surface area contributed by atoms with E-state index < -0.39 is 110 Å². The summed E-state index contributed by atoms with van der Waals surface area (Å²) >= 11 is 0. The van der Waals surface area contributed by atoms with Crippen LogP contribution in [-0.2, 0) is 18.9 Å². The van der Waals surface area contributed by atoms with E-state index >= 15 is 0 Å². The lowest BCUT2D eigenvalue weighted by molar-refractivity contribution is -0.320. The van der Waals surface area contributed by atoms with Crippen molar-refractivity contribution in [1.82, 2.24) is 10.6 Å². The van der Waals surface area contributed by atoms with E-state index in [0.29, 0.717) is 0 Å². The monoisotopic (exact) mass is 629 g/mol. The summed E-state index contributed by atoms with van der Waals surface area (Å²) in [5, 5.41) is 88.1. The smallest absolute Gasteiger partial charge is 0.186 e. The molecule has 0 aromatic carbocycles. The molecule has 2 saturated heterocycles. The van der Waals surface area contributed by atoms with Crippen LogP contribution in [-0.4, -0.2) is 184 Å². The van der Waals surface area contributed by atoms with E-state index in [2.05, 4.69) is 10.6 Å². The highest BCUT2D eigenvalue weighted by Crippen LogP contribution is 2.31. The lowest BCUT2D eigenvalue weighted by atomic mass is 9.83. The number of ether oxygens (including phenoxy) is 4. The molecule has 1 aliphatic carbocycles. The Labute approximate surface area is 249 Å². The third-order valence-electron chi connectivity index (χ3n) is 8.16. The van der Waals surface area contributed by atoms with E-state index in [4.69, 9.17) is 52.7 Å². The molecule has 0 bridgehead atoms. The average molecular weight is 630 g/mol. The van der Waals surface area contributed by atoms with Crippen LogP contribution in [0.25, 0.3) is 0 Å². The standard InChI is InChI=1S/C24H51N7O12/c25-2-9(34)4-31-11-1-10(27)21(20(39)22(11)43-24-19(38)14(28)16(35)13(7-33)41-24)42-23-15(29)18(37)17(36)12(40-23)5-30-3-8(26)6-32/h8-24,30-39H,1-7,25-29H2. The van der Waals surface area contributed by atoms with Crippen LogP contribution >= 0.6 is 0 Å². The molecule has 0 aromatic rings. The van der Waals surface area contributed by atoms with Crippen LogP contribution in [0.1, 0.15) is 6.42 Å². The molecule has 2 aliphatic heterocycles. The fraction of sp³-hybridized carbons (Fsp3) is 1.00. The second-order valence-corrected chi connectivity index (χ2v) is 11.5. The molecule has 43 heavy (non-hydrogen) atoms. The molecule has 3 fully saturated rings. The van der Waals surface area contributed by atoms with Gasteiger partial charge < -0.3 is 99.1 Å². The topological polar surface area (TPSA) is 353 Å². The highest BCUT2D eigenvalue weighted by atomic mass is 16.7. The van der Waals surface area contributed by atoms with Gasteiger partial charge in [-0.1, -0.05) is 0 Å². The van der Waals surface area contributed by atoms with Crippen LogP contribution in [0, 0.1) is 0 Å². The van der Waals surface area contributed by atoms with Gasteiger partial charge in [0.1, 0.15) is 54.9 Å². The number of rotatable bonds is 14. The van der Waals surface area contributed by atoms with Gasteiger partial charge in [0.15, 0.2) is 12.6 Å². The van der Waals surface area contributed by atoms with Crippen molar-refractivity contribution in [2.24, 2.45) is 28.7 Å². The number of hydrogen-bond donors (Lipinski definition) is 15. The first-order valence-electron chi connectivity index (χ1n) is 14.4. The van der Waals surface area contributed by atoms with Crippen molar-refractivity contribution in [1.29, 1.82) is 0 Å². The highest BCUT2D eigenvalue weighted by Gasteiger charge is 2.52. The Morgan fingerprint density at radius 2 is 1.44 bits per heavy atom. The lowest BCUT2D eigenvalue weighted by Gasteiger charge is -2.49. The van der Waals surface area contributed by atoms with Crippen LogP contribution in [0.2, 0.25) is 0 Å². The average Bonchev–Trinajstić information content (AvgIpc) is 2.99. The molecule has 3 aliphatic rings. The summed E-state index contributed by atoms with van der Waals surface area (Å²) < 4.78 is 23.4. The van der Waals surface area contributed by atoms with Crippen LogP contribution in [0.4, 0.5) is 0 Å². The third kappa shape index (κ3) is 8.95. The first kappa shape index (κ1) is 36.7. The molecule has 19 heteroatoms. The maximum absolute atomic E-state index is 11.5. The molecule has 1 saturated carbocycles. The van der Waals surface area contributed by atoms with E-state index in [1.807, 2.05) is 0 Å². The summed E-state index contributed by atoms with van der Waals surface area (Å²) in [6.45, 7) is -0.710. The van der Waals surface area contributed by atoms with Gasteiger partial charge in [0, 0.05) is 44.3 Å². The Morgan fingerprint density at radius 3 is 2.07 bits per heavy atom. The molecule has 0 spiro atoms. The zero-order valence-electron chi connectivity index (χ0n) is 23.9. The lowest BCUT2D eigenvalue weighted by Crippen LogP contribution is -2.70. The number of hydrogen-bond acceptors (Lipinski definition) is 19. The van der Waals surface area contributed by atoms with Gasteiger partial charge in [0.05, 0.1) is 31.4 Å². The zero-order chi connectivity index (χ0) is 32.0. The van der Waals surface area contributed by atoms with Crippen LogP contribution in [0.5, 0.6) is 0 Å². The van der Waals surface area contributed by atoms with Crippen molar-refractivity contribution >= 4 is 0 Å². The van der Waals surface area contributed by atoms with Gasteiger partial charge in [-0.15, -0.1) is 0 Å². The minimum absolute atomic E-state index is 0.00682. The van der Waals surface area contributed by atoms with Crippen LogP contribution < -0.4 is 39.3 Å². The van der Waals surface area contributed by atoms with E-state index in [-0.39, 0.29) is 39.2 Å². The first-order valence-corrected chi connectivity index (χ1v) is 14.4. The largest absolute Gasteiger partial charge is 0.395 e. The van der Waals surface area contributed by atoms with E-state index in [9.17, 15) is 35.7 Å². The second kappa shape index (κ2) is 16.7. The fourth-order valence-corrected chi connectivity index (χ4v) is 5.42. The minimum atomic E-state index is -1.55. The van der Waals surface area contributed by atoms with Crippen LogP contribution in [0.15, 0.2) is 0 Å². The van der Waals surface area contributed by atoms with Crippen molar-refractivity contribution in [3.05, 3.63) is 0 Å². The Hall–Kier alpha value is -0.760. The molecule has 20 N–H and O–H groups in total. The van der Waals surface area contributed by atoms with Gasteiger partial charge in [-0.25, -0.2) is 0 Å². The minimum Gasteiger partial charge on any atom is -0.395 e. The third-order valence-corrected chi connectivity index (χ3v) is 8.16. The Bertz CT molecular complexity index is 827. The van der Waals surface area contributed by atoms with Gasteiger partial charge in [-0.05, 0) is 6.42 Å². The molecular formula is C24H51N7O12. The van der Waals surface area contributed by atoms with Crippen molar-refractivity contribution in [2.75, 3.05) is 39.4 Å². The maximum Gasteiger partial charge on any atom is 0.186 e. The molecule has 19 nitrogen and oxygen atoms in total. The van der Waals surface area contributed by atoms with Gasteiger partial charge in [-0.2, -0.15) is 0 Å². The molecule has 0 amide bonds. The number of nitrogens with two attached hydrogens (primary N) is 5. The van der Waals surface area contributed by atoms with Crippen molar-refractivity contribution < 1.29 is 59.8 Å². The molecule has 17 unspecified atom stereocenters. The van der Waals surface area contributed by atoms with E-state index in [0.717, 1.165) is 0 Å². The van der Waals surface area contributed by atoms with Gasteiger partial charge in [-0.3, -0.25) is 0 Å². The normalized spacial score (nSPS) is 45.6. The number of aliphatic hydroxyl groups excluding tert-OH is 8. The summed E-state index contributed by atoms with van der Waals surface area (Å²) in [6, 6.07) is -4.65. The molecule has 0 radical (unpaired) electrons. The molecule has 17 atom stereocenters. The van der Waals surface area contributed by atoms with Gasteiger partial charge in [0.25, 0.3) is 0 Å². The van der Waals surface area contributed by atoms with Crippen LogP contribution in [0.3, 0.4) is 0 Å². The fourth-order valence-electron chi connectivity index (χ4n) is 5.42. The Balaban J connectivity index is 1.78. The first-order chi connectivity index (χ1) is 20.3. The zero-order valence-corrected chi connectivity index (χ0v) is 23.9. The molecule has 3 rings (SSSR count). The molecule has 254 valence electrons. The molecule has 0 aromatic heterocycles. The maximum atomic E-state index is 11.5. The second-order valence-electron chi connectivity index (χ2n) is 11.5. The van der Waals surface area contributed by atoms with Crippen molar-refractivity contribution in [3.63, 3.8) is 0 Å². The summed E-state index contributed by atoms with van der Waals surface area (Å²) in [5.41, 5.74) is 29.6. The highest BCUT2D eigenvalue weighted by molar-refractivity contribution is 5.03.